The summed E-state index contributed by atoms with van der Waals surface area (Å²) in [6, 6.07) is 17.0. The lowest BCUT2D eigenvalue weighted by Gasteiger charge is -2.28. The standard InChI is InChI=1S/C17H17NO4.C10H17NO2/c19-16(20)15(11-13-7-3-1-4-8-13)18-17(21)22-12-14-9-5-2-6-10-14;1-2-10-5-3-4-7(10)6-8(11-10)9(12)13/h1-10,15H,11-12H2,(H,18,21)(H,19,20);7-8,11H,2-6H2,1H3,(H,12,13)/t15-;7-,8+,10+/m01/s1. The van der Waals surface area contributed by atoms with Gasteiger partial charge < -0.3 is 20.3 Å². The molecule has 188 valence electrons. The monoisotopic (exact) mass is 482 g/mol. The molecule has 0 spiro atoms. The summed E-state index contributed by atoms with van der Waals surface area (Å²) in [6.07, 6.45) is 5.01. The smallest absolute Gasteiger partial charge is 0.408 e. The number of benzene rings is 2. The number of alkyl carbamates (subject to hydrolysis) is 1. The molecule has 8 nitrogen and oxygen atoms in total. The second-order valence-corrected chi connectivity index (χ2v) is 9.16. The van der Waals surface area contributed by atoms with Crippen LogP contribution in [0.2, 0.25) is 0 Å². The largest absolute Gasteiger partial charge is 0.480 e. The zero-order valence-electron chi connectivity index (χ0n) is 20.0. The van der Waals surface area contributed by atoms with Gasteiger partial charge in [0, 0.05) is 12.0 Å². The van der Waals surface area contributed by atoms with E-state index in [1.54, 1.807) is 0 Å². The molecule has 2 fully saturated rings. The van der Waals surface area contributed by atoms with Crippen LogP contribution in [0, 0.1) is 5.92 Å². The highest BCUT2D eigenvalue weighted by Gasteiger charge is 2.50. The fraction of sp³-hybridized carbons (Fsp3) is 0.444. The van der Waals surface area contributed by atoms with Crippen molar-refractivity contribution in [3.05, 3.63) is 71.8 Å². The number of carbonyl (C=O) groups is 3. The molecule has 0 bridgehead atoms. The molecular formula is C27H34N2O6. The summed E-state index contributed by atoms with van der Waals surface area (Å²) >= 11 is 0. The summed E-state index contributed by atoms with van der Waals surface area (Å²) in [5, 5.41) is 23.8. The molecule has 1 heterocycles. The summed E-state index contributed by atoms with van der Waals surface area (Å²) in [5.74, 6) is -1.17. The van der Waals surface area contributed by atoms with Gasteiger partial charge in [-0.25, -0.2) is 9.59 Å². The number of hydrogen-bond acceptors (Lipinski definition) is 5. The summed E-state index contributed by atoms with van der Waals surface area (Å²) < 4.78 is 5.03. The van der Waals surface area contributed by atoms with Crippen molar-refractivity contribution in [2.45, 2.75) is 69.7 Å². The topological polar surface area (TPSA) is 125 Å². The van der Waals surface area contributed by atoms with E-state index in [-0.39, 0.29) is 24.6 Å². The molecule has 2 aromatic carbocycles. The maximum Gasteiger partial charge on any atom is 0.408 e. The van der Waals surface area contributed by atoms with Gasteiger partial charge in [0.15, 0.2) is 0 Å². The molecule has 0 unspecified atom stereocenters. The zero-order chi connectivity index (χ0) is 25.3. The van der Waals surface area contributed by atoms with Crippen LogP contribution < -0.4 is 10.6 Å². The van der Waals surface area contributed by atoms with Crippen LogP contribution in [0.1, 0.15) is 50.2 Å². The molecule has 4 N–H and O–H groups in total. The molecule has 1 aliphatic carbocycles. The Bertz CT molecular complexity index is 984. The second kappa shape index (κ2) is 12.4. The van der Waals surface area contributed by atoms with E-state index in [4.69, 9.17) is 9.84 Å². The quantitative estimate of drug-likeness (QED) is 0.448. The molecule has 2 aliphatic rings. The van der Waals surface area contributed by atoms with Crippen LogP contribution in [0.25, 0.3) is 0 Å². The summed E-state index contributed by atoms with van der Waals surface area (Å²) in [5.41, 5.74) is 1.84. The molecule has 4 atom stereocenters. The molecule has 0 aromatic heterocycles. The molecule has 1 saturated heterocycles. The Balaban J connectivity index is 0.000000223. The van der Waals surface area contributed by atoms with E-state index in [2.05, 4.69) is 17.6 Å². The highest BCUT2D eigenvalue weighted by Crippen LogP contribution is 2.45. The number of hydrogen-bond donors (Lipinski definition) is 4. The number of fused-ring (bicyclic) bond motifs is 1. The number of ether oxygens (including phenoxy) is 1. The lowest BCUT2D eigenvalue weighted by atomic mass is 9.86. The van der Waals surface area contributed by atoms with Crippen LogP contribution in [-0.4, -0.2) is 45.9 Å². The van der Waals surface area contributed by atoms with Crippen LogP contribution in [0.5, 0.6) is 0 Å². The normalized spacial score (nSPS) is 23.3. The molecular weight excluding hydrogens is 448 g/mol. The fourth-order valence-corrected chi connectivity index (χ4v) is 5.06. The molecule has 0 radical (unpaired) electrons. The van der Waals surface area contributed by atoms with Crippen LogP contribution >= 0.6 is 0 Å². The molecule has 1 amide bonds. The zero-order valence-corrected chi connectivity index (χ0v) is 20.0. The Labute approximate surface area is 205 Å². The van der Waals surface area contributed by atoms with Crippen molar-refractivity contribution in [2.24, 2.45) is 5.92 Å². The number of carboxylic acid groups (broad SMARTS) is 2. The molecule has 2 aromatic rings. The number of amides is 1. The average Bonchev–Trinajstić information content (AvgIpc) is 3.42. The molecule has 1 aliphatic heterocycles. The van der Waals surface area contributed by atoms with Crippen molar-refractivity contribution in [2.75, 3.05) is 0 Å². The molecule has 8 heteroatoms. The summed E-state index contributed by atoms with van der Waals surface area (Å²) in [4.78, 5) is 33.8. The minimum absolute atomic E-state index is 0.102. The summed E-state index contributed by atoms with van der Waals surface area (Å²) in [6.45, 7) is 2.26. The van der Waals surface area contributed by atoms with Crippen LogP contribution in [0.4, 0.5) is 4.79 Å². The van der Waals surface area contributed by atoms with Gasteiger partial charge in [-0.2, -0.15) is 0 Å². The van der Waals surface area contributed by atoms with E-state index in [0.29, 0.717) is 5.92 Å². The first-order chi connectivity index (χ1) is 16.8. The van der Waals surface area contributed by atoms with Gasteiger partial charge in [0.2, 0.25) is 0 Å². The lowest BCUT2D eigenvalue weighted by molar-refractivity contribution is -0.140. The first-order valence-corrected chi connectivity index (χ1v) is 12.1. The predicted octanol–water partition coefficient (Wildman–Crippen LogP) is 3.99. The SMILES string of the molecule is CC[C@]12CCC[C@@H]1C[C@@H](C(=O)O)N2.O=C(N[C@@H](Cc1ccccc1)C(=O)O)OCc1ccccc1. The second-order valence-electron chi connectivity index (χ2n) is 9.16. The van der Waals surface area contributed by atoms with Gasteiger partial charge in [0.05, 0.1) is 0 Å². The van der Waals surface area contributed by atoms with E-state index >= 15 is 0 Å². The van der Waals surface area contributed by atoms with Crippen LogP contribution in [-0.2, 0) is 27.4 Å². The van der Waals surface area contributed by atoms with Crippen molar-refractivity contribution >= 4 is 18.0 Å². The number of carbonyl (C=O) groups excluding carboxylic acids is 1. The van der Waals surface area contributed by atoms with E-state index < -0.39 is 24.1 Å². The maximum absolute atomic E-state index is 11.7. The first kappa shape index (κ1) is 26.2. The third-order valence-electron chi connectivity index (χ3n) is 6.95. The fourth-order valence-electron chi connectivity index (χ4n) is 5.06. The number of rotatable bonds is 8. The van der Waals surface area contributed by atoms with Crippen LogP contribution in [0.3, 0.4) is 0 Å². The highest BCUT2D eigenvalue weighted by molar-refractivity contribution is 5.80. The van der Waals surface area contributed by atoms with Gasteiger partial charge in [-0.05, 0) is 42.7 Å². The van der Waals surface area contributed by atoms with E-state index in [1.165, 1.54) is 12.8 Å². The van der Waals surface area contributed by atoms with Crippen molar-refractivity contribution in [1.82, 2.24) is 10.6 Å². The van der Waals surface area contributed by atoms with Gasteiger partial charge in [0.25, 0.3) is 0 Å². The van der Waals surface area contributed by atoms with Crippen molar-refractivity contribution in [1.29, 1.82) is 0 Å². The minimum Gasteiger partial charge on any atom is -0.480 e. The number of carboxylic acids is 2. The Morgan fingerprint density at radius 1 is 1.06 bits per heavy atom. The molecule has 4 rings (SSSR count). The van der Waals surface area contributed by atoms with Crippen LogP contribution in [0.15, 0.2) is 60.7 Å². The van der Waals surface area contributed by atoms with Gasteiger partial charge in [0.1, 0.15) is 18.7 Å². The number of nitrogens with one attached hydrogen (secondary N) is 2. The third-order valence-corrected chi connectivity index (χ3v) is 6.95. The maximum atomic E-state index is 11.7. The van der Waals surface area contributed by atoms with Gasteiger partial charge in [-0.1, -0.05) is 74.0 Å². The van der Waals surface area contributed by atoms with E-state index in [1.807, 2.05) is 60.7 Å². The Hall–Kier alpha value is -3.39. The Morgan fingerprint density at radius 3 is 2.23 bits per heavy atom. The lowest BCUT2D eigenvalue weighted by Crippen LogP contribution is -2.45. The Morgan fingerprint density at radius 2 is 1.69 bits per heavy atom. The third kappa shape index (κ3) is 7.29. The average molecular weight is 483 g/mol. The first-order valence-electron chi connectivity index (χ1n) is 12.1. The van der Waals surface area contributed by atoms with Crippen molar-refractivity contribution < 1.29 is 29.3 Å². The van der Waals surface area contributed by atoms with E-state index in [9.17, 15) is 19.5 Å². The Kier molecular flexibility index (Phi) is 9.25. The predicted molar refractivity (Wildman–Crippen MR) is 131 cm³/mol. The highest BCUT2D eigenvalue weighted by atomic mass is 16.5. The molecule has 1 saturated carbocycles. The van der Waals surface area contributed by atoms with E-state index in [0.717, 1.165) is 30.4 Å². The van der Waals surface area contributed by atoms with Crippen molar-refractivity contribution in [3.8, 4) is 0 Å². The molecule has 35 heavy (non-hydrogen) atoms. The summed E-state index contributed by atoms with van der Waals surface area (Å²) in [7, 11) is 0. The van der Waals surface area contributed by atoms with Gasteiger partial charge in [-0.15, -0.1) is 0 Å². The van der Waals surface area contributed by atoms with Crippen molar-refractivity contribution in [3.63, 3.8) is 0 Å². The minimum atomic E-state index is -1.10. The van der Waals surface area contributed by atoms with Gasteiger partial charge >= 0.3 is 18.0 Å². The van der Waals surface area contributed by atoms with Gasteiger partial charge in [-0.3, -0.25) is 10.1 Å². The number of aliphatic carboxylic acids is 2.